The second-order valence-electron chi connectivity index (χ2n) is 15.2. The summed E-state index contributed by atoms with van der Waals surface area (Å²) < 4.78 is 27.4. The molecule has 3 rings (SSSR count). The van der Waals surface area contributed by atoms with Gasteiger partial charge in [-0.25, -0.2) is 13.6 Å². The van der Waals surface area contributed by atoms with Gasteiger partial charge < -0.3 is 31.5 Å². The van der Waals surface area contributed by atoms with Crippen molar-refractivity contribution in [3.05, 3.63) is 71.8 Å². The zero-order chi connectivity index (χ0) is 37.1. The van der Waals surface area contributed by atoms with Crippen molar-refractivity contribution in [2.24, 2.45) is 10.8 Å². The van der Waals surface area contributed by atoms with E-state index in [0.29, 0.717) is 25.8 Å². The minimum Gasteiger partial charge on any atom is -0.354 e. The molecular formula is C38H56F2N6O4. The van der Waals surface area contributed by atoms with Crippen LogP contribution in [0.1, 0.15) is 84.3 Å². The number of hydrogen-bond acceptors (Lipinski definition) is 5. The molecule has 0 spiro atoms. The fourth-order valence-electron chi connectivity index (χ4n) is 6.26. The minimum atomic E-state index is -2.85. The Bertz CT molecular complexity index is 1360. The number of alkyl halides is 2. The van der Waals surface area contributed by atoms with Gasteiger partial charge in [0.15, 0.2) is 0 Å². The number of likely N-dealkylation sites (tertiary alicyclic amines) is 1. The molecule has 10 nitrogen and oxygen atoms in total. The maximum absolute atomic E-state index is 14.0. The Hall–Kier alpha value is -4.06. The molecule has 50 heavy (non-hydrogen) atoms. The maximum Gasteiger partial charge on any atom is 0.315 e. The second-order valence-corrected chi connectivity index (χ2v) is 15.2. The fourth-order valence-corrected chi connectivity index (χ4v) is 6.26. The zero-order valence-corrected chi connectivity index (χ0v) is 30.5. The predicted octanol–water partition coefficient (Wildman–Crippen LogP) is 4.80. The van der Waals surface area contributed by atoms with E-state index in [1.54, 1.807) is 7.05 Å². The van der Waals surface area contributed by atoms with Crippen LogP contribution >= 0.6 is 0 Å². The number of carbonyl (C=O) groups is 4. The third-order valence-corrected chi connectivity index (χ3v) is 9.17. The van der Waals surface area contributed by atoms with Crippen LogP contribution in [0.15, 0.2) is 60.7 Å². The molecule has 0 bridgehead atoms. The smallest absolute Gasteiger partial charge is 0.315 e. The number of benzene rings is 2. The van der Waals surface area contributed by atoms with Gasteiger partial charge in [0.05, 0.1) is 0 Å². The van der Waals surface area contributed by atoms with Crippen LogP contribution in [0.4, 0.5) is 13.6 Å². The molecule has 276 valence electrons. The number of halogens is 2. The Kier molecular flexibility index (Phi) is 14.7. The highest BCUT2D eigenvalue weighted by Gasteiger charge is 2.43. The summed E-state index contributed by atoms with van der Waals surface area (Å²) in [7, 11) is 1.79. The van der Waals surface area contributed by atoms with Crippen molar-refractivity contribution in [3.63, 3.8) is 0 Å². The van der Waals surface area contributed by atoms with Crippen molar-refractivity contribution in [2.75, 3.05) is 26.7 Å². The van der Waals surface area contributed by atoms with Crippen LogP contribution in [0.5, 0.6) is 0 Å². The van der Waals surface area contributed by atoms with Gasteiger partial charge >= 0.3 is 6.03 Å². The Balaban J connectivity index is 1.69. The minimum absolute atomic E-state index is 0.0342. The van der Waals surface area contributed by atoms with E-state index in [0.717, 1.165) is 11.1 Å². The number of urea groups is 1. The summed E-state index contributed by atoms with van der Waals surface area (Å²) in [6.07, 6.45) is -2.39. The van der Waals surface area contributed by atoms with Gasteiger partial charge in [-0.05, 0) is 48.3 Å². The molecule has 5 amide bonds. The normalized spacial score (nSPS) is 16.9. The number of amides is 5. The van der Waals surface area contributed by atoms with E-state index in [2.05, 4.69) is 26.6 Å². The lowest BCUT2D eigenvalue weighted by atomic mass is 9.85. The summed E-state index contributed by atoms with van der Waals surface area (Å²) in [5.41, 5.74) is 1.15. The molecule has 0 aliphatic carbocycles. The van der Waals surface area contributed by atoms with Gasteiger partial charge in [0.2, 0.25) is 24.1 Å². The van der Waals surface area contributed by atoms with Crippen molar-refractivity contribution in [1.82, 2.24) is 31.5 Å². The lowest BCUT2D eigenvalue weighted by Crippen LogP contribution is -2.61. The molecule has 2 aromatic rings. The molecule has 0 saturated carbocycles. The highest BCUT2D eigenvalue weighted by Crippen LogP contribution is 2.28. The van der Waals surface area contributed by atoms with E-state index in [1.807, 2.05) is 102 Å². The van der Waals surface area contributed by atoms with Crippen LogP contribution < -0.4 is 26.6 Å². The summed E-state index contributed by atoms with van der Waals surface area (Å²) in [6, 6.07) is 15.5. The molecule has 0 unspecified atom stereocenters. The lowest BCUT2D eigenvalue weighted by molar-refractivity contribution is -0.142. The molecule has 0 aromatic heterocycles. The Labute approximate surface area is 295 Å². The average molecular weight is 699 g/mol. The average Bonchev–Trinajstić information content (AvgIpc) is 3.55. The number of hydrogen-bond donors (Lipinski definition) is 5. The van der Waals surface area contributed by atoms with E-state index in [1.165, 1.54) is 4.90 Å². The zero-order valence-electron chi connectivity index (χ0n) is 30.5. The van der Waals surface area contributed by atoms with E-state index in [4.69, 9.17) is 0 Å². The van der Waals surface area contributed by atoms with E-state index in [-0.39, 0.29) is 30.5 Å². The van der Waals surface area contributed by atoms with Crippen molar-refractivity contribution in [2.45, 2.75) is 104 Å². The largest absolute Gasteiger partial charge is 0.354 e. The third kappa shape index (κ3) is 11.8. The van der Waals surface area contributed by atoms with Crippen molar-refractivity contribution >= 4 is 23.8 Å². The predicted molar refractivity (Wildman–Crippen MR) is 192 cm³/mol. The molecule has 0 radical (unpaired) electrons. The van der Waals surface area contributed by atoms with Gasteiger partial charge in [0.1, 0.15) is 18.1 Å². The molecular weight excluding hydrogens is 642 g/mol. The first-order valence-corrected chi connectivity index (χ1v) is 17.5. The summed E-state index contributed by atoms with van der Waals surface area (Å²) >= 11 is 0. The fraction of sp³-hybridized carbons (Fsp3) is 0.579. The van der Waals surface area contributed by atoms with E-state index < -0.39 is 60.1 Å². The highest BCUT2D eigenvalue weighted by atomic mass is 19.3. The SMILES string of the molecule is CNC[C@@H](NC(=O)N[C@H](C(=O)N1CCC[C@H]1C(=O)N[C@@H](CC(F)F)C(=O)NCCC(c1ccccc1)c1ccccc1)C(C)(C)C)C(C)(C)C. The van der Waals surface area contributed by atoms with Gasteiger partial charge in [-0.2, -0.15) is 0 Å². The Morgan fingerprint density at radius 3 is 1.92 bits per heavy atom. The van der Waals surface area contributed by atoms with Crippen LogP contribution in [-0.2, 0) is 14.4 Å². The van der Waals surface area contributed by atoms with Crippen LogP contribution in [0.2, 0.25) is 0 Å². The first-order chi connectivity index (χ1) is 23.5. The second kappa shape index (κ2) is 18.3. The van der Waals surface area contributed by atoms with Gasteiger partial charge in [-0.3, -0.25) is 14.4 Å². The van der Waals surface area contributed by atoms with Crippen molar-refractivity contribution < 1.29 is 28.0 Å². The number of nitrogens with one attached hydrogen (secondary N) is 5. The molecule has 5 N–H and O–H groups in total. The first kappa shape index (κ1) is 40.4. The van der Waals surface area contributed by atoms with Crippen LogP contribution in [0.3, 0.4) is 0 Å². The molecule has 1 aliphatic rings. The quantitative estimate of drug-likeness (QED) is 0.182. The van der Waals surface area contributed by atoms with E-state index in [9.17, 15) is 28.0 Å². The monoisotopic (exact) mass is 698 g/mol. The first-order valence-electron chi connectivity index (χ1n) is 17.5. The van der Waals surface area contributed by atoms with Crippen molar-refractivity contribution in [3.8, 4) is 0 Å². The molecule has 1 heterocycles. The summed E-state index contributed by atoms with van der Waals surface area (Å²) in [5.74, 6) is -1.88. The van der Waals surface area contributed by atoms with Gasteiger partial charge in [-0.15, -0.1) is 0 Å². The molecule has 1 aliphatic heterocycles. The molecule has 4 atom stereocenters. The Morgan fingerprint density at radius 2 is 1.42 bits per heavy atom. The molecule has 12 heteroatoms. The van der Waals surface area contributed by atoms with E-state index >= 15 is 0 Å². The number of likely N-dealkylation sites (N-methyl/N-ethyl adjacent to an activating group) is 1. The van der Waals surface area contributed by atoms with Crippen LogP contribution in [-0.4, -0.2) is 85.9 Å². The highest BCUT2D eigenvalue weighted by molar-refractivity contribution is 5.95. The molecule has 1 saturated heterocycles. The maximum atomic E-state index is 14.0. The number of carbonyl (C=O) groups excluding carboxylic acids is 4. The number of rotatable bonds is 15. The summed E-state index contributed by atoms with van der Waals surface area (Å²) in [4.78, 5) is 55.4. The van der Waals surface area contributed by atoms with Gasteiger partial charge in [-0.1, -0.05) is 102 Å². The van der Waals surface area contributed by atoms with Crippen molar-refractivity contribution in [1.29, 1.82) is 0 Å². The van der Waals surface area contributed by atoms with Gasteiger partial charge in [0.25, 0.3) is 0 Å². The number of nitrogens with zero attached hydrogens (tertiary/aromatic N) is 1. The molecule has 1 fully saturated rings. The summed E-state index contributed by atoms with van der Waals surface area (Å²) in [6.45, 7) is 12.4. The molecule has 2 aromatic carbocycles. The summed E-state index contributed by atoms with van der Waals surface area (Å²) in [5, 5.41) is 14.1. The van der Waals surface area contributed by atoms with Gasteiger partial charge in [0, 0.05) is 38.0 Å². The topological polar surface area (TPSA) is 132 Å². The standard InChI is InChI=1S/C38H56F2N6O4/c1-37(2,3)30(24-41-7)44-36(50)45-32(38(4,5)6)35(49)46-22-14-19-29(46)34(48)43-28(23-31(39)40)33(47)42-21-20-27(25-15-10-8-11-16-25)26-17-12-9-13-18-26/h8-13,15-18,27-32,41H,14,19-24H2,1-7H3,(H,42,47)(H,43,48)(H2,44,45,50)/t28-,29-,30+,32+/m0/s1. The van der Waals surface area contributed by atoms with Crippen LogP contribution in [0.25, 0.3) is 0 Å². The third-order valence-electron chi connectivity index (χ3n) is 9.17. The lowest BCUT2D eigenvalue weighted by Gasteiger charge is -2.37. The Morgan fingerprint density at radius 1 is 0.840 bits per heavy atom. The van der Waals surface area contributed by atoms with Crippen LogP contribution in [0, 0.1) is 10.8 Å².